The van der Waals surface area contributed by atoms with Gasteiger partial charge in [-0.1, -0.05) is 80.1 Å². The van der Waals surface area contributed by atoms with Gasteiger partial charge in [0.25, 0.3) is 10.0 Å². The molecule has 0 unspecified atom stereocenters. The third kappa shape index (κ3) is 7.20. The molecule has 3 aromatic rings. The zero-order valence-corrected chi connectivity index (χ0v) is 22.4. The summed E-state index contributed by atoms with van der Waals surface area (Å²) >= 11 is 0. The maximum Gasteiger partial charge on any atom is 0.264 e. The molecule has 0 fully saturated rings. The summed E-state index contributed by atoms with van der Waals surface area (Å²) in [6.07, 6.45) is 1.16. The molecule has 7 nitrogen and oxygen atoms in total. The lowest BCUT2D eigenvalue weighted by Gasteiger charge is -2.33. The van der Waals surface area contributed by atoms with Gasteiger partial charge < -0.3 is 10.2 Å². The average Bonchev–Trinajstić information content (AvgIpc) is 2.92. The van der Waals surface area contributed by atoms with Gasteiger partial charge in [0.15, 0.2) is 0 Å². The van der Waals surface area contributed by atoms with Crippen molar-refractivity contribution in [3.63, 3.8) is 0 Å². The van der Waals surface area contributed by atoms with Crippen molar-refractivity contribution in [3.8, 4) is 0 Å². The lowest BCUT2D eigenvalue weighted by Crippen LogP contribution is -2.52. The Morgan fingerprint density at radius 2 is 1.46 bits per heavy atom. The molecule has 0 saturated carbocycles. The first-order valence-corrected chi connectivity index (χ1v) is 14.0. The van der Waals surface area contributed by atoms with Crippen LogP contribution in [0, 0.1) is 6.92 Å². The summed E-state index contributed by atoms with van der Waals surface area (Å²) in [5, 5.41) is 2.89. The van der Waals surface area contributed by atoms with E-state index in [0.717, 1.165) is 21.9 Å². The molecule has 0 heterocycles. The highest BCUT2D eigenvalue weighted by molar-refractivity contribution is 7.92. The van der Waals surface area contributed by atoms with Crippen molar-refractivity contribution < 1.29 is 18.0 Å². The van der Waals surface area contributed by atoms with E-state index >= 15 is 0 Å². The van der Waals surface area contributed by atoms with Crippen LogP contribution in [0.2, 0.25) is 0 Å². The number of aryl methyl sites for hydroxylation is 1. The van der Waals surface area contributed by atoms with E-state index in [2.05, 4.69) is 5.32 Å². The van der Waals surface area contributed by atoms with E-state index < -0.39 is 28.5 Å². The number of benzene rings is 3. The number of amides is 2. The number of nitrogens with zero attached hydrogens (tertiary/aromatic N) is 2. The summed E-state index contributed by atoms with van der Waals surface area (Å²) in [5.74, 6) is -0.705. The molecule has 0 aliphatic heterocycles. The first-order chi connectivity index (χ1) is 17.8. The highest BCUT2D eigenvalue weighted by Crippen LogP contribution is 2.25. The fourth-order valence-corrected chi connectivity index (χ4v) is 5.46. The van der Waals surface area contributed by atoms with Gasteiger partial charge in [-0.25, -0.2) is 8.42 Å². The van der Waals surface area contributed by atoms with Gasteiger partial charge in [-0.3, -0.25) is 13.9 Å². The van der Waals surface area contributed by atoms with Gasteiger partial charge in [0.05, 0.1) is 10.6 Å². The Morgan fingerprint density at radius 3 is 2.03 bits per heavy atom. The van der Waals surface area contributed by atoms with Crippen LogP contribution in [0.5, 0.6) is 0 Å². The molecule has 0 aliphatic rings. The van der Waals surface area contributed by atoms with Gasteiger partial charge in [-0.15, -0.1) is 0 Å². The fourth-order valence-electron chi connectivity index (χ4n) is 4.03. The third-order valence-electron chi connectivity index (χ3n) is 6.06. The first kappa shape index (κ1) is 27.9. The van der Waals surface area contributed by atoms with Crippen molar-refractivity contribution in [1.29, 1.82) is 0 Å². The number of nitrogens with one attached hydrogen (secondary N) is 1. The average molecular weight is 522 g/mol. The van der Waals surface area contributed by atoms with Crippen LogP contribution in [0.3, 0.4) is 0 Å². The van der Waals surface area contributed by atoms with Crippen molar-refractivity contribution in [1.82, 2.24) is 10.2 Å². The predicted octanol–water partition coefficient (Wildman–Crippen LogP) is 4.52. The van der Waals surface area contributed by atoms with Crippen LogP contribution in [-0.4, -0.2) is 44.3 Å². The SMILES string of the molecule is CCCNC(=O)[C@H](CC)N(Cc1ccccc1)C(=O)CN(c1ccc(C)cc1)S(=O)(=O)c1ccccc1. The summed E-state index contributed by atoms with van der Waals surface area (Å²) in [6, 6.07) is 23.7. The van der Waals surface area contributed by atoms with Crippen LogP contribution in [0.4, 0.5) is 5.69 Å². The largest absolute Gasteiger partial charge is 0.354 e. The van der Waals surface area contributed by atoms with Crippen molar-refractivity contribution in [2.24, 2.45) is 0 Å². The Bertz CT molecular complexity index is 1260. The Labute approximate surface area is 220 Å². The quantitative estimate of drug-likeness (QED) is 0.380. The number of hydrogen-bond acceptors (Lipinski definition) is 4. The molecule has 2 amide bonds. The van der Waals surface area contributed by atoms with E-state index in [-0.39, 0.29) is 17.3 Å². The number of hydrogen-bond donors (Lipinski definition) is 1. The second-order valence-electron chi connectivity index (χ2n) is 8.88. The molecule has 196 valence electrons. The number of anilines is 1. The molecule has 0 radical (unpaired) electrons. The highest BCUT2D eigenvalue weighted by atomic mass is 32.2. The van der Waals surface area contributed by atoms with Crippen LogP contribution in [-0.2, 0) is 26.2 Å². The first-order valence-electron chi connectivity index (χ1n) is 12.5. The monoisotopic (exact) mass is 521 g/mol. The molecule has 3 aromatic carbocycles. The summed E-state index contributed by atoms with van der Waals surface area (Å²) < 4.78 is 28.6. The van der Waals surface area contributed by atoms with Gasteiger partial charge in [0.1, 0.15) is 12.6 Å². The smallest absolute Gasteiger partial charge is 0.264 e. The fraction of sp³-hybridized carbons (Fsp3) is 0.310. The molecule has 0 aliphatic carbocycles. The third-order valence-corrected chi connectivity index (χ3v) is 7.85. The molecule has 1 atom stereocenters. The minimum Gasteiger partial charge on any atom is -0.354 e. The second-order valence-corrected chi connectivity index (χ2v) is 10.7. The molecule has 37 heavy (non-hydrogen) atoms. The van der Waals surface area contributed by atoms with Gasteiger partial charge in [-0.05, 0) is 49.6 Å². The van der Waals surface area contributed by atoms with Crippen molar-refractivity contribution in [3.05, 3.63) is 96.1 Å². The molecule has 1 N–H and O–H groups in total. The van der Waals surface area contributed by atoms with E-state index in [9.17, 15) is 18.0 Å². The summed E-state index contributed by atoms with van der Waals surface area (Å²) in [6.45, 7) is 5.96. The zero-order chi connectivity index (χ0) is 26.8. The van der Waals surface area contributed by atoms with Crippen LogP contribution in [0.1, 0.15) is 37.8 Å². The molecular weight excluding hydrogens is 486 g/mol. The van der Waals surface area contributed by atoms with Crippen LogP contribution >= 0.6 is 0 Å². The van der Waals surface area contributed by atoms with E-state index in [1.165, 1.54) is 17.0 Å². The lowest BCUT2D eigenvalue weighted by molar-refractivity contribution is -0.140. The highest BCUT2D eigenvalue weighted by Gasteiger charge is 2.33. The maximum absolute atomic E-state index is 13.9. The Balaban J connectivity index is 2.02. The number of rotatable bonds is 12. The molecule has 0 bridgehead atoms. The number of carbonyl (C=O) groups is 2. The molecule has 8 heteroatoms. The van der Waals surface area contributed by atoms with Crippen molar-refractivity contribution in [2.75, 3.05) is 17.4 Å². The van der Waals surface area contributed by atoms with E-state index in [1.807, 2.05) is 63.2 Å². The number of sulfonamides is 1. The Kier molecular flexibility index (Phi) is 9.85. The van der Waals surface area contributed by atoms with Crippen LogP contribution in [0.25, 0.3) is 0 Å². The van der Waals surface area contributed by atoms with E-state index in [1.54, 1.807) is 30.3 Å². The molecule has 0 saturated heterocycles. The maximum atomic E-state index is 13.9. The standard InChI is InChI=1S/C29H35N3O4S/c1-4-20-30-29(34)27(5-2)31(21-24-12-8-6-9-13-24)28(33)22-32(25-18-16-23(3)17-19-25)37(35,36)26-14-10-7-11-15-26/h6-19,27H,4-5,20-22H2,1-3H3,(H,30,34)/t27-/m0/s1. The van der Waals surface area contributed by atoms with E-state index in [0.29, 0.717) is 18.7 Å². The van der Waals surface area contributed by atoms with Crippen LogP contribution in [0.15, 0.2) is 89.8 Å². The van der Waals surface area contributed by atoms with E-state index in [4.69, 9.17) is 0 Å². The van der Waals surface area contributed by atoms with Crippen molar-refractivity contribution in [2.45, 2.75) is 51.1 Å². The Morgan fingerprint density at radius 1 is 0.865 bits per heavy atom. The topological polar surface area (TPSA) is 86.8 Å². The van der Waals surface area contributed by atoms with Crippen LogP contribution < -0.4 is 9.62 Å². The van der Waals surface area contributed by atoms with Gasteiger partial charge in [-0.2, -0.15) is 0 Å². The summed E-state index contributed by atoms with van der Waals surface area (Å²) in [5.41, 5.74) is 2.20. The molecule has 3 rings (SSSR count). The van der Waals surface area contributed by atoms with Gasteiger partial charge in [0, 0.05) is 13.1 Å². The minimum absolute atomic E-state index is 0.0886. The number of carbonyl (C=O) groups excluding carboxylic acids is 2. The second kappa shape index (κ2) is 13.1. The zero-order valence-electron chi connectivity index (χ0n) is 21.6. The lowest BCUT2D eigenvalue weighted by atomic mass is 10.1. The molecular formula is C29H35N3O4S. The normalized spacial score (nSPS) is 12.0. The Hall–Kier alpha value is -3.65. The molecule has 0 spiro atoms. The van der Waals surface area contributed by atoms with Gasteiger partial charge in [0.2, 0.25) is 11.8 Å². The minimum atomic E-state index is -4.05. The summed E-state index contributed by atoms with van der Waals surface area (Å²) in [7, 11) is -4.05. The predicted molar refractivity (Wildman–Crippen MR) is 147 cm³/mol. The molecule has 0 aromatic heterocycles. The van der Waals surface area contributed by atoms with Crippen molar-refractivity contribution >= 4 is 27.5 Å². The van der Waals surface area contributed by atoms with Gasteiger partial charge >= 0.3 is 0 Å². The summed E-state index contributed by atoms with van der Waals surface area (Å²) in [4.78, 5) is 28.5.